The molecular formula is C31H22O. The first-order chi connectivity index (χ1) is 17.9. The molecule has 152 valence electrons. The van der Waals surface area contributed by atoms with Gasteiger partial charge in [0, 0.05) is 0 Å². The van der Waals surface area contributed by atoms with E-state index in [0.717, 1.165) is 49.2 Å². The van der Waals surface area contributed by atoms with E-state index in [1.165, 1.54) is 0 Å². The van der Waals surface area contributed by atoms with Gasteiger partial charge in [-0.1, -0.05) is 103 Å². The summed E-state index contributed by atoms with van der Waals surface area (Å²) in [6.45, 7) is 0. The van der Waals surface area contributed by atoms with Crippen molar-refractivity contribution in [1.29, 1.82) is 0 Å². The fourth-order valence-electron chi connectivity index (χ4n) is 4.67. The molecule has 0 aliphatic heterocycles. The van der Waals surface area contributed by atoms with E-state index in [9.17, 15) is 0 Å². The second-order valence-electron chi connectivity index (χ2n) is 7.74. The zero-order valence-electron chi connectivity index (χ0n) is 22.5. The lowest BCUT2D eigenvalue weighted by Gasteiger charge is -2.19. The highest BCUT2D eigenvalue weighted by atomic mass is 16.5. The predicted molar refractivity (Wildman–Crippen MR) is 136 cm³/mol. The minimum atomic E-state index is -0.396. The minimum absolute atomic E-state index is 0.208. The van der Waals surface area contributed by atoms with Gasteiger partial charge in [0.2, 0.25) is 0 Å². The van der Waals surface area contributed by atoms with Crippen molar-refractivity contribution in [3.8, 4) is 28.0 Å². The maximum Gasteiger partial charge on any atom is 0.120 e. The van der Waals surface area contributed by atoms with E-state index >= 15 is 0 Å². The second-order valence-corrected chi connectivity index (χ2v) is 7.74. The summed E-state index contributed by atoms with van der Waals surface area (Å²) in [5.74, 6) is 0.747. The van der Waals surface area contributed by atoms with Crippen LogP contribution in [0.15, 0.2) is 115 Å². The highest BCUT2D eigenvalue weighted by molar-refractivity contribution is 6.23. The molecule has 0 fully saturated rings. The number of hydrogen-bond acceptors (Lipinski definition) is 1. The third kappa shape index (κ3) is 2.86. The van der Waals surface area contributed by atoms with Crippen LogP contribution in [-0.4, -0.2) is 7.11 Å². The molecule has 0 aliphatic carbocycles. The average Bonchev–Trinajstić information content (AvgIpc) is 2.94. The largest absolute Gasteiger partial charge is 0.497 e. The van der Waals surface area contributed by atoms with Crippen LogP contribution in [0, 0.1) is 0 Å². The van der Waals surface area contributed by atoms with E-state index in [1.54, 1.807) is 7.11 Å². The Kier molecular flexibility index (Phi) is 3.31. The Morgan fingerprint density at radius 2 is 1.12 bits per heavy atom. The fourth-order valence-corrected chi connectivity index (χ4v) is 4.67. The summed E-state index contributed by atoms with van der Waals surface area (Å²) in [5.41, 5.74) is 2.87. The molecule has 0 saturated carbocycles. The Bertz CT molecular complexity index is 1790. The highest BCUT2D eigenvalue weighted by Crippen LogP contribution is 2.45. The average molecular weight is 416 g/mol. The van der Waals surface area contributed by atoms with Gasteiger partial charge in [0.05, 0.1) is 14.0 Å². The lowest BCUT2D eigenvalue weighted by atomic mass is 9.84. The normalized spacial score (nSPS) is 13.5. The zero-order chi connectivity index (χ0) is 25.8. The number of rotatable bonds is 3. The van der Waals surface area contributed by atoms with Gasteiger partial charge in [-0.15, -0.1) is 0 Å². The van der Waals surface area contributed by atoms with Crippen LogP contribution >= 0.6 is 0 Å². The van der Waals surface area contributed by atoms with Gasteiger partial charge in [0.1, 0.15) is 5.75 Å². The number of methoxy groups -OCH3 is 1. The van der Waals surface area contributed by atoms with E-state index in [2.05, 4.69) is 12.1 Å². The summed E-state index contributed by atoms with van der Waals surface area (Å²) < 4.78 is 47.7. The Hall–Kier alpha value is -4.10. The molecule has 0 unspecified atom stereocenters. The quantitative estimate of drug-likeness (QED) is 0.263. The minimum Gasteiger partial charge on any atom is -0.497 e. The van der Waals surface area contributed by atoms with E-state index in [1.807, 2.05) is 72.8 Å². The van der Waals surface area contributed by atoms with E-state index < -0.39 is 6.04 Å². The third-order valence-corrected chi connectivity index (χ3v) is 6.02. The van der Waals surface area contributed by atoms with Crippen LogP contribution in [-0.2, 0) is 0 Å². The van der Waals surface area contributed by atoms with Crippen molar-refractivity contribution in [2.24, 2.45) is 0 Å². The lowest BCUT2D eigenvalue weighted by molar-refractivity contribution is 0.415. The maximum atomic E-state index is 8.71. The summed E-state index contributed by atoms with van der Waals surface area (Å²) in [7, 11) is 1.66. The maximum absolute atomic E-state index is 8.71. The van der Waals surface area contributed by atoms with E-state index in [4.69, 9.17) is 11.6 Å². The SMILES string of the molecule is [2H]c1c([2H])c([2H])c(-c2c3ccccc3c(-c3cc(OC)cc4ccccc34)c3ccccc23)c([2H])c1[2H]. The smallest absolute Gasteiger partial charge is 0.120 e. The van der Waals surface area contributed by atoms with Crippen LogP contribution in [0.3, 0.4) is 0 Å². The molecule has 0 radical (unpaired) electrons. The Labute approximate surface area is 194 Å². The molecule has 0 aromatic heterocycles. The number of fused-ring (bicyclic) bond motifs is 3. The van der Waals surface area contributed by atoms with Crippen LogP contribution in [0.1, 0.15) is 6.85 Å². The van der Waals surface area contributed by atoms with Crippen molar-refractivity contribution < 1.29 is 11.6 Å². The van der Waals surface area contributed by atoms with Crippen molar-refractivity contribution >= 4 is 32.3 Å². The van der Waals surface area contributed by atoms with Gasteiger partial charge in [-0.2, -0.15) is 0 Å². The van der Waals surface area contributed by atoms with Gasteiger partial charge in [0.15, 0.2) is 0 Å². The van der Waals surface area contributed by atoms with Crippen molar-refractivity contribution in [3.63, 3.8) is 0 Å². The van der Waals surface area contributed by atoms with Gasteiger partial charge < -0.3 is 4.74 Å². The summed E-state index contributed by atoms with van der Waals surface area (Å²) in [4.78, 5) is 0. The number of benzene rings is 6. The Balaban J connectivity index is 1.86. The first-order valence-electron chi connectivity index (χ1n) is 13.0. The van der Waals surface area contributed by atoms with Crippen molar-refractivity contribution in [3.05, 3.63) is 115 Å². The molecule has 0 atom stereocenters. The fraction of sp³-hybridized carbons (Fsp3) is 0.0323. The van der Waals surface area contributed by atoms with Gasteiger partial charge >= 0.3 is 0 Å². The molecule has 6 rings (SSSR count). The number of ether oxygens (including phenoxy) is 1. The van der Waals surface area contributed by atoms with Crippen molar-refractivity contribution in [2.45, 2.75) is 0 Å². The lowest BCUT2D eigenvalue weighted by Crippen LogP contribution is -1.92. The van der Waals surface area contributed by atoms with E-state index in [-0.39, 0.29) is 29.7 Å². The van der Waals surface area contributed by atoms with Gasteiger partial charge in [-0.05, 0) is 66.7 Å². The zero-order valence-corrected chi connectivity index (χ0v) is 17.5. The van der Waals surface area contributed by atoms with Crippen LogP contribution in [0.25, 0.3) is 54.6 Å². The monoisotopic (exact) mass is 415 g/mol. The van der Waals surface area contributed by atoms with Crippen molar-refractivity contribution in [1.82, 2.24) is 0 Å². The molecule has 0 aliphatic rings. The van der Waals surface area contributed by atoms with Gasteiger partial charge in [-0.3, -0.25) is 0 Å². The first-order valence-corrected chi connectivity index (χ1v) is 10.5. The van der Waals surface area contributed by atoms with E-state index in [0.29, 0.717) is 5.56 Å². The van der Waals surface area contributed by atoms with Crippen molar-refractivity contribution in [2.75, 3.05) is 7.11 Å². The summed E-state index contributed by atoms with van der Waals surface area (Å²) in [6.07, 6.45) is 0. The molecule has 0 bridgehead atoms. The summed E-state index contributed by atoms with van der Waals surface area (Å²) in [6, 6.07) is 26.5. The molecule has 1 heteroatoms. The summed E-state index contributed by atoms with van der Waals surface area (Å²) >= 11 is 0. The second kappa shape index (κ2) is 7.55. The van der Waals surface area contributed by atoms with Crippen LogP contribution < -0.4 is 4.74 Å². The van der Waals surface area contributed by atoms with Gasteiger partial charge in [-0.25, -0.2) is 0 Å². The molecule has 32 heavy (non-hydrogen) atoms. The third-order valence-electron chi connectivity index (χ3n) is 6.02. The molecule has 0 amide bonds. The predicted octanol–water partition coefficient (Wildman–Crippen LogP) is 8.49. The Morgan fingerprint density at radius 1 is 0.594 bits per heavy atom. The molecule has 6 aromatic carbocycles. The molecule has 0 N–H and O–H groups in total. The van der Waals surface area contributed by atoms with Crippen LogP contribution in [0.5, 0.6) is 5.75 Å². The standard InChI is InChI=1S/C31H22O/c1-32-23-19-22-13-5-6-14-24(22)29(20-23)31-27-17-9-7-15-25(27)30(21-11-3-2-4-12-21)26-16-8-10-18-28(26)31/h2-20H,1H3/i2D,3D,4D,11D,12D. The molecule has 1 nitrogen and oxygen atoms in total. The van der Waals surface area contributed by atoms with Gasteiger partial charge in [0.25, 0.3) is 0 Å². The molecule has 0 saturated heterocycles. The highest BCUT2D eigenvalue weighted by Gasteiger charge is 2.18. The molecular weight excluding hydrogens is 388 g/mol. The van der Waals surface area contributed by atoms with Crippen LogP contribution in [0.4, 0.5) is 0 Å². The molecule has 0 heterocycles. The first kappa shape index (κ1) is 14.1. The molecule has 6 aromatic rings. The summed E-state index contributed by atoms with van der Waals surface area (Å²) in [5, 5.41) is 5.64. The Morgan fingerprint density at radius 3 is 1.72 bits per heavy atom. The number of hydrogen-bond donors (Lipinski definition) is 0. The molecule has 0 spiro atoms. The van der Waals surface area contributed by atoms with Crippen LogP contribution in [0.2, 0.25) is 0 Å². The topological polar surface area (TPSA) is 9.23 Å².